The third-order valence-corrected chi connectivity index (χ3v) is 5.10. The molecule has 0 saturated heterocycles. The average Bonchev–Trinajstić information content (AvgIpc) is 2.33. The van der Waals surface area contributed by atoms with Gasteiger partial charge in [-0.05, 0) is 65.7 Å². The predicted molar refractivity (Wildman–Crippen MR) is 83.1 cm³/mol. The van der Waals surface area contributed by atoms with E-state index < -0.39 is 10.0 Å². The van der Waals surface area contributed by atoms with Crippen LogP contribution in [0.4, 0.5) is 11.5 Å². The van der Waals surface area contributed by atoms with Gasteiger partial charge in [0.05, 0.1) is 10.6 Å². The van der Waals surface area contributed by atoms with Crippen LogP contribution in [0.3, 0.4) is 0 Å². The molecule has 0 amide bonds. The molecule has 2 aromatic rings. The summed E-state index contributed by atoms with van der Waals surface area (Å²) in [7, 11) is -3.67. The second-order valence-electron chi connectivity index (χ2n) is 4.39. The number of benzene rings is 1. The Labute approximate surface area is 126 Å². The molecule has 1 aromatic heterocycles. The number of anilines is 2. The fourth-order valence-electron chi connectivity index (χ4n) is 1.77. The zero-order valence-corrected chi connectivity index (χ0v) is 13.4. The van der Waals surface area contributed by atoms with Gasteiger partial charge in [0.1, 0.15) is 5.82 Å². The molecule has 5 nitrogen and oxygen atoms in total. The Kier molecular flexibility index (Phi) is 4.01. The smallest absolute Gasteiger partial charge is 0.263 e. The lowest BCUT2D eigenvalue weighted by molar-refractivity contribution is 0.600. The fraction of sp³-hybridized carbons (Fsp3) is 0.154. The van der Waals surface area contributed by atoms with Crippen molar-refractivity contribution in [2.45, 2.75) is 18.7 Å². The minimum Gasteiger partial charge on any atom is -0.399 e. The number of nitrogens with zero attached hydrogens (tertiary/aromatic N) is 1. The van der Waals surface area contributed by atoms with E-state index in [9.17, 15) is 8.42 Å². The summed E-state index contributed by atoms with van der Waals surface area (Å²) in [6.45, 7) is 3.49. The van der Waals surface area contributed by atoms with Gasteiger partial charge >= 0.3 is 0 Å². The predicted octanol–water partition coefficient (Wildman–Crippen LogP) is 2.84. The zero-order valence-electron chi connectivity index (χ0n) is 11.0. The Morgan fingerprint density at radius 1 is 1.20 bits per heavy atom. The highest BCUT2D eigenvalue weighted by Gasteiger charge is 2.17. The zero-order chi connectivity index (χ0) is 14.9. The molecular formula is C13H14BrN3O2S. The average molecular weight is 356 g/mol. The van der Waals surface area contributed by atoms with Gasteiger partial charge in [-0.3, -0.25) is 4.72 Å². The van der Waals surface area contributed by atoms with Gasteiger partial charge in [0.15, 0.2) is 0 Å². The first-order valence-corrected chi connectivity index (χ1v) is 8.09. The van der Waals surface area contributed by atoms with Gasteiger partial charge in [-0.2, -0.15) is 0 Å². The molecule has 2 rings (SSSR count). The highest BCUT2D eigenvalue weighted by atomic mass is 79.9. The van der Waals surface area contributed by atoms with Crippen molar-refractivity contribution in [3.8, 4) is 0 Å². The molecule has 1 aromatic carbocycles. The number of nitrogens with two attached hydrogens (primary N) is 1. The number of halogens is 1. The first-order chi connectivity index (χ1) is 9.29. The molecule has 0 aliphatic heterocycles. The largest absolute Gasteiger partial charge is 0.399 e. The summed E-state index contributed by atoms with van der Waals surface area (Å²) < 4.78 is 27.9. The van der Waals surface area contributed by atoms with Gasteiger partial charge in [0.25, 0.3) is 10.0 Å². The van der Waals surface area contributed by atoms with E-state index in [1.165, 1.54) is 6.07 Å². The number of rotatable bonds is 3. The molecule has 1 heterocycles. The van der Waals surface area contributed by atoms with Crippen molar-refractivity contribution in [1.29, 1.82) is 0 Å². The van der Waals surface area contributed by atoms with Crippen molar-refractivity contribution in [3.63, 3.8) is 0 Å². The van der Waals surface area contributed by atoms with Crippen LogP contribution in [0.1, 0.15) is 11.3 Å². The lowest BCUT2D eigenvalue weighted by Crippen LogP contribution is -2.15. The Hall–Kier alpha value is -1.60. The summed E-state index contributed by atoms with van der Waals surface area (Å²) >= 11 is 3.32. The highest BCUT2D eigenvalue weighted by Crippen LogP contribution is 2.22. The number of hydrogen-bond acceptors (Lipinski definition) is 4. The number of nitrogen functional groups attached to an aromatic ring is 1. The summed E-state index contributed by atoms with van der Waals surface area (Å²) in [6, 6.07) is 8.01. The molecule has 0 unspecified atom stereocenters. The number of hydrogen-bond donors (Lipinski definition) is 2. The van der Waals surface area contributed by atoms with E-state index in [1.54, 1.807) is 38.1 Å². The standard InChI is InChI=1S/C13H14BrN3O2S/c1-8-7-10(15)3-5-12(8)20(18,19)17-13-6-4-11(14)9(2)16-13/h3-7H,15H2,1-2H3,(H,16,17). The van der Waals surface area contributed by atoms with Crippen LogP contribution in [0, 0.1) is 13.8 Å². The van der Waals surface area contributed by atoms with Crippen LogP contribution in [0.15, 0.2) is 39.7 Å². The van der Waals surface area contributed by atoms with Crippen LogP contribution >= 0.6 is 15.9 Å². The molecule has 7 heteroatoms. The first-order valence-electron chi connectivity index (χ1n) is 5.82. The summed E-state index contributed by atoms with van der Waals surface area (Å²) in [5.74, 6) is 0.280. The van der Waals surface area contributed by atoms with Crippen molar-refractivity contribution < 1.29 is 8.42 Å². The molecule has 0 saturated carbocycles. The molecule has 0 aliphatic carbocycles. The molecule has 0 radical (unpaired) electrons. The van der Waals surface area contributed by atoms with Crippen LogP contribution in [0.5, 0.6) is 0 Å². The maximum Gasteiger partial charge on any atom is 0.263 e. The number of aryl methyl sites for hydroxylation is 2. The van der Waals surface area contributed by atoms with Gasteiger partial charge in [-0.25, -0.2) is 13.4 Å². The van der Waals surface area contributed by atoms with E-state index in [1.807, 2.05) is 0 Å². The Morgan fingerprint density at radius 2 is 1.90 bits per heavy atom. The monoisotopic (exact) mass is 355 g/mol. The van der Waals surface area contributed by atoms with E-state index in [4.69, 9.17) is 5.73 Å². The summed E-state index contributed by atoms with van der Waals surface area (Å²) in [5.41, 5.74) is 7.45. The Balaban J connectivity index is 2.38. The van der Waals surface area contributed by atoms with Gasteiger partial charge in [-0.15, -0.1) is 0 Å². The second kappa shape index (κ2) is 5.41. The first kappa shape index (κ1) is 14.8. The molecule has 0 fully saturated rings. The van der Waals surface area contributed by atoms with E-state index in [0.29, 0.717) is 16.9 Å². The molecule has 106 valence electrons. The molecule has 3 N–H and O–H groups in total. The van der Waals surface area contributed by atoms with Gasteiger partial charge in [-0.1, -0.05) is 0 Å². The van der Waals surface area contributed by atoms with Crippen molar-refractivity contribution in [3.05, 3.63) is 46.1 Å². The van der Waals surface area contributed by atoms with E-state index in [2.05, 4.69) is 25.6 Å². The van der Waals surface area contributed by atoms with Gasteiger partial charge in [0, 0.05) is 10.2 Å². The normalized spacial score (nSPS) is 11.3. The van der Waals surface area contributed by atoms with Crippen molar-refractivity contribution in [1.82, 2.24) is 4.98 Å². The minimum atomic E-state index is -3.67. The third-order valence-electron chi connectivity index (χ3n) is 2.75. The molecule has 20 heavy (non-hydrogen) atoms. The van der Waals surface area contributed by atoms with Crippen LogP contribution in [-0.2, 0) is 10.0 Å². The Bertz CT molecular complexity index is 760. The van der Waals surface area contributed by atoms with Gasteiger partial charge in [0.2, 0.25) is 0 Å². The minimum absolute atomic E-state index is 0.189. The highest BCUT2D eigenvalue weighted by molar-refractivity contribution is 9.10. The van der Waals surface area contributed by atoms with Crippen molar-refractivity contribution >= 4 is 37.5 Å². The summed E-state index contributed by atoms with van der Waals surface area (Å²) in [6.07, 6.45) is 0. The van der Waals surface area contributed by atoms with Crippen molar-refractivity contribution in [2.75, 3.05) is 10.5 Å². The number of sulfonamides is 1. The van der Waals surface area contributed by atoms with E-state index in [0.717, 1.165) is 4.47 Å². The number of aromatic nitrogens is 1. The maximum absolute atomic E-state index is 12.3. The molecule has 0 aliphatic rings. The third kappa shape index (κ3) is 3.10. The van der Waals surface area contributed by atoms with Crippen LogP contribution < -0.4 is 10.5 Å². The SMILES string of the molecule is Cc1cc(N)ccc1S(=O)(=O)Nc1ccc(Br)c(C)n1. The lowest BCUT2D eigenvalue weighted by Gasteiger charge is -2.11. The van der Waals surface area contributed by atoms with Crippen molar-refractivity contribution in [2.24, 2.45) is 0 Å². The fourth-order valence-corrected chi connectivity index (χ4v) is 3.22. The van der Waals surface area contributed by atoms with Crippen LogP contribution in [0.25, 0.3) is 0 Å². The van der Waals surface area contributed by atoms with E-state index in [-0.39, 0.29) is 10.7 Å². The maximum atomic E-state index is 12.3. The topological polar surface area (TPSA) is 85.1 Å². The molecular weight excluding hydrogens is 342 g/mol. The second-order valence-corrected chi connectivity index (χ2v) is 6.90. The lowest BCUT2D eigenvalue weighted by atomic mass is 10.2. The quantitative estimate of drug-likeness (QED) is 0.829. The van der Waals surface area contributed by atoms with E-state index >= 15 is 0 Å². The Morgan fingerprint density at radius 3 is 2.50 bits per heavy atom. The van der Waals surface area contributed by atoms with Gasteiger partial charge < -0.3 is 5.73 Å². The summed E-state index contributed by atoms with van der Waals surface area (Å²) in [5, 5.41) is 0. The van der Waals surface area contributed by atoms with Crippen LogP contribution in [-0.4, -0.2) is 13.4 Å². The summed E-state index contributed by atoms with van der Waals surface area (Å²) in [4.78, 5) is 4.36. The molecule has 0 spiro atoms. The number of nitrogens with one attached hydrogen (secondary N) is 1. The molecule has 0 atom stereocenters. The number of pyridine rings is 1. The van der Waals surface area contributed by atoms with Crippen LogP contribution in [0.2, 0.25) is 0 Å². The molecule has 0 bridgehead atoms.